The number of nitrogens with two attached hydrogens (primary N) is 1. The number of aromatic nitrogens is 1. The average Bonchev–Trinajstić information content (AvgIpc) is 2.79. The molecule has 6 heteroatoms. The van der Waals surface area contributed by atoms with Crippen LogP contribution >= 0.6 is 0 Å². The zero-order chi connectivity index (χ0) is 23.1. The van der Waals surface area contributed by atoms with Crippen molar-refractivity contribution in [1.29, 1.82) is 0 Å². The van der Waals surface area contributed by atoms with Crippen LogP contribution in [0.25, 0.3) is 0 Å². The Morgan fingerprint density at radius 3 is 2.38 bits per heavy atom. The Labute approximate surface area is 187 Å². The van der Waals surface area contributed by atoms with E-state index in [1.807, 2.05) is 30.3 Å². The van der Waals surface area contributed by atoms with Crippen LogP contribution in [0.1, 0.15) is 54.6 Å². The van der Waals surface area contributed by atoms with Crippen molar-refractivity contribution < 1.29 is 13.5 Å². The van der Waals surface area contributed by atoms with Gasteiger partial charge in [0.25, 0.3) is 0 Å². The first-order valence-electron chi connectivity index (χ1n) is 11.0. The predicted octanol–water partition coefficient (Wildman–Crippen LogP) is 5.29. The molecule has 170 valence electrons. The summed E-state index contributed by atoms with van der Waals surface area (Å²) < 4.78 is 36.2. The van der Waals surface area contributed by atoms with Gasteiger partial charge in [-0.25, -0.2) is 8.78 Å². The fourth-order valence-electron chi connectivity index (χ4n) is 3.69. The second-order valence-electron chi connectivity index (χ2n) is 8.01. The van der Waals surface area contributed by atoms with Gasteiger partial charge in [-0.15, -0.1) is 0 Å². The number of rotatable bonds is 10. The molecule has 0 bridgehead atoms. The SMILES string of the molecule is CCCCCc1cn(Cc2c(F)cccc2F)c(C)c(OCC(N)c2ccccc2)c1=O. The zero-order valence-electron chi connectivity index (χ0n) is 18.6. The van der Waals surface area contributed by atoms with Gasteiger partial charge in [-0.1, -0.05) is 56.2 Å². The third-order valence-corrected chi connectivity index (χ3v) is 5.64. The van der Waals surface area contributed by atoms with E-state index in [-0.39, 0.29) is 29.9 Å². The Balaban J connectivity index is 1.94. The Morgan fingerprint density at radius 2 is 1.72 bits per heavy atom. The Morgan fingerprint density at radius 1 is 1.03 bits per heavy atom. The number of nitrogens with zero attached hydrogens (tertiary/aromatic N) is 1. The zero-order valence-corrected chi connectivity index (χ0v) is 18.6. The van der Waals surface area contributed by atoms with E-state index in [4.69, 9.17) is 10.5 Å². The van der Waals surface area contributed by atoms with E-state index in [1.165, 1.54) is 18.2 Å². The lowest BCUT2D eigenvalue weighted by Crippen LogP contribution is -2.25. The molecule has 1 aromatic heterocycles. The summed E-state index contributed by atoms with van der Waals surface area (Å²) in [6.07, 6.45) is 5.14. The van der Waals surface area contributed by atoms with E-state index in [2.05, 4.69) is 6.92 Å². The van der Waals surface area contributed by atoms with E-state index in [1.54, 1.807) is 17.7 Å². The van der Waals surface area contributed by atoms with Gasteiger partial charge in [0.15, 0.2) is 5.75 Å². The number of hydrogen-bond acceptors (Lipinski definition) is 3. The molecule has 3 rings (SSSR count). The fourth-order valence-corrected chi connectivity index (χ4v) is 3.69. The molecule has 1 unspecified atom stereocenters. The average molecular weight is 441 g/mol. The van der Waals surface area contributed by atoms with Gasteiger partial charge in [0, 0.05) is 17.3 Å². The van der Waals surface area contributed by atoms with Crippen LogP contribution in [0.3, 0.4) is 0 Å². The molecule has 1 heterocycles. The standard InChI is InChI=1S/C26H30F2N2O2/c1-3-4-6-12-20-15-30(16-21-22(27)13-9-14-23(21)28)18(2)26(25(20)31)32-17-24(29)19-10-7-5-8-11-19/h5,7-11,13-15,24H,3-4,6,12,16-17,29H2,1-2H3. The minimum Gasteiger partial charge on any atom is -0.486 e. The normalized spacial score (nSPS) is 12.0. The third kappa shape index (κ3) is 5.62. The monoisotopic (exact) mass is 440 g/mol. The summed E-state index contributed by atoms with van der Waals surface area (Å²) in [5, 5.41) is 0. The van der Waals surface area contributed by atoms with Gasteiger partial charge < -0.3 is 15.0 Å². The van der Waals surface area contributed by atoms with Crippen molar-refractivity contribution in [3.63, 3.8) is 0 Å². The van der Waals surface area contributed by atoms with Crippen LogP contribution in [0.2, 0.25) is 0 Å². The summed E-state index contributed by atoms with van der Waals surface area (Å²) in [5.74, 6) is -1.06. The number of aryl methyl sites for hydroxylation is 1. The van der Waals surface area contributed by atoms with Gasteiger partial charge in [-0.3, -0.25) is 4.79 Å². The van der Waals surface area contributed by atoms with Gasteiger partial charge in [-0.05, 0) is 37.5 Å². The summed E-state index contributed by atoms with van der Waals surface area (Å²) in [6.45, 7) is 3.90. The van der Waals surface area contributed by atoms with Crippen LogP contribution in [-0.4, -0.2) is 11.2 Å². The van der Waals surface area contributed by atoms with Crippen LogP contribution in [-0.2, 0) is 13.0 Å². The minimum atomic E-state index is -0.621. The molecule has 3 aromatic rings. The lowest BCUT2D eigenvalue weighted by atomic mass is 10.1. The highest BCUT2D eigenvalue weighted by Gasteiger charge is 2.18. The summed E-state index contributed by atoms with van der Waals surface area (Å²) in [4.78, 5) is 13.1. The molecule has 0 aliphatic rings. The third-order valence-electron chi connectivity index (χ3n) is 5.64. The molecule has 0 amide bonds. The fraction of sp³-hybridized carbons (Fsp3) is 0.346. The van der Waals surface area contributed by atoms with E-state index < -0.39 is 17.7 Å². The van der Waals surface area contributed by atoms with Crippen LogP contribution in [0.15, 0.2) is 59.5 Å². The maximum Gasteiger partial charge on any atom is 0.226 e. The first-order valence-corrected chi connectivity index (χ1v) is 11.0. The number of hydrogen-bond donors (Lipinski definition) is 1. The summed E-state index contributed by atoms with van der Waals surface area (Å²) in [5.41, 5.74) is 7.99. The van der Waals surface area contributed by atoms with Crippen molar-refractivity contribution in [2.45, 2.75) is 52.1 Å². The first kappa shape index (κ1) is 23.7. The van der Waals surface area contributed by atoms with Gasteiger partial charge in [0.2, 0.25) is 5.43 Å². The molecule has 0 radical (unpaired) electrons. The van der Waals surface area contributed by atoms with E-state index in [9.17, 15) is 13.6 Å². The Hall–Kier alpha value is -2.99. The molecule has 1 atom stereocenters. The molecular weight excluding hydrogens is 410 g/mol. The first-order chi connectivity index (χ1) is 15.4. The largest absolute Gasteiger partial charge is 0.486 e. The highest BCUT2D eigenvalue weighted by atomic mass is 19.1. The Bertz CT molecular complexity index is 1080. The minimum absolute atomic E-state index is 0.0352. The molecule has 0 saturated heterocycles. The van der Waals surface area contributed by atoms with E-state index >= 15 is 0 Å². The van der Waals surface area contributed by atoms with Crippen molar-refractivity contribution in [3.05, 3.63) is 99.0 Å². The van der Waals surface area contributed by atoms with Crippen LogP contribution in [0, 0.1) is 18.6 Å². The number of ether oxygens (including phenoxy) is 1. The molecule has 4 nitrogen and oxygen atoms in total. The van der Waals surface area contributed by atoms with Gasteiger partial charge >= 0.3 is 0 Å². The second-order valence-corrected chi connectivity index (χ2v) is 8.01. The summed E-state index contributed by atoms with van der Waals surface area (Å²) in [6, 6.07) is 12.9. The van der Waals surface area contributed by atoms with Gasteiger partial charge in [0.05, 0.1) is 18.3 Å². The van der Waals surface area contributed by atoms with E-state index in [0.717, 1.165) is 24.8 Å². The highest BCUT2D eigenvalue weighted by molar-refractivity contribution is 5.34. The summed E-state index contributed by atoms with van der Waals surface area (Å²) in [7, 11) is 0. The number of benzene rings is 2. The van der Waals surface area contributed by atoms with Crippen molar-refractivity contribution in [2.75, 3.05) is 6.61 Å². The van der Waals surface area contributed by atoms with Gasteiger partial charge in [-0.2, -0.15) is 0 Å². The molecular formula is C26H30F2N2O2. The predicted molar refractivity (Wildman–Crippen MR) is 123 cm³/mol. The van der Waals surface area contributed by atoms with Crippen molar-refractivity contribution in [1.82, 2.24) is 4.57 Å². The molecule has 2 aromatic carbocycles. The van der Waals surface area contributed by atoms with Crippen molar-refractivity contribution in [2.24, 2.45) is 5.73 Å². The molecule has 0 aliphatic carbocycles. The highest BCUT2D eigenvalue weighted by Crippen LogP contribution is 2.21. The number of halogens is 2. The number of unbranched alkanes of at least 4 members (excludes halogenated alkanes) is 2. The quantitative estimate of drug-likeness (QED) is 0.436. The lowest BCUT2D eigenvalue weighted by molar-refractivity contribution is 0.282. The van der Waals surface area contributed by atoms with Crippen LogP contribution in [0.4, 0.5) is 8.78 Å². The molecule has 32 heavy (non-hydrogen) atoms. The molecule has 2 N–H and O–H groups in total. The molecule has 0 saturated carbocycles. The van der Waals surface area contributed by atoms with Crippen LogP contribution < -0.4 is 15.9 Å². The lowest BCUT2D eigenvalue weighted by Gasteiger charge is -2.20. The number of pyridine rings is 1. The molecule has 0 spiro atoms. The Kier molecular flexibility index (Phi) is 8.17. The topological polar surface area (TPSA) is 57.2 Å². The van der Waals surface area contributed by atoms with Crippen molar-refractivity contribution in [3.8, 4) is 5.75 Å². The van der Waals surface area contributed by atoms with Crippen molar-refractivity contribution >= 4 is 0 Å². The van der Waals surface area contributed by atoms with Crippen LogP contribution in [0.5, 0.6) is 5.75 Å². The smallest absolute Gasteiger partial charge is 0.226 e. The van der Waals surface area contributed by atoms with Gasteiger partial charge in [0.1, 0.15) is 18.2 Å². The second kappa shape index (κ2) is 11.0. The van der Waals surface area contributed by atoms with E-state index in [0.29, 0.717) is 17.7 Å². The maximum atomic E-state index is 14.3. The molecule has 0 fully saturated rings. The molecule has 0 aliphatic heterocycles. The maximum absolute atomic E-state index is 14.3. The summed E-state index contributed by atoms with van der Waals surface area (Å²) >= 11 is 0.